The van der Waals surface area contributed by atoms with Crippen LogP contribution in [0.4, 0.5) is 0 Å². The molecule has 60 heavy (non-hydrogen) atoms. The first-order valence-electron chi connectivity index (χ1n) is 20.5. The molecule has 2 nitrogen and oxygen atoms in total. The molecule has 0 N–H and O–H groups in total. The van der Waals surface area contributed by atoms with E-state index < -0.39 is 0 Å². The first-order valence-corrected chi connectivity index (χ1v) is 23.9. The van der Waals surface area contributed by atoms with Crippen molar-refractivity contribution in [1.29, 1.82) is 0 Å². The summed E-state index contributed by atoms with van der Waals surface area (Å²) in [7, 11) is 0. The molecule has 6 heteroatoms. The Labute approximate surface area is 368 Å². The molecule has 4 heterocycles. The Balaban J connectivity index is 1.02. The van der Waals surface area contributed by atoms with E-state index in [1.165, 1.54) is 107 Å². The lowest BCUT2D eigenvalue weighted by Gasteiger charge is -2.24. The van der Waals surface area contributed by atoms with Crippen LogP contribution in [0.25, 0.3) is 80.1 Å². The van der Waals surface area contributed by atoms with Crippen LogP contribution in [0.2, 0.25) is 0 Å². The molecule has 0 saturated carbocycles. The lowest BCUT2D eigenvalue weighted by molar-refractivity contribution is 0.844. The number of aromatic nitrogens is 2. The third-order valence-corrected chi connectivity index (χ3v) is 17.3. The van der Waals surface area contributed by atoms with E-state index in [9.17, 15) is 0 Å². The number of thiophene rings is 1. The molecule has 2 atom stereocenters. The van der Waals surface area contributed by atoms with Crippen LogP contribution in [0.15, 0.2) is 144 Å². The molecule has 2 unspecified atom stereocenters. The molecule has 11 rings (SSSR count). The fraction of sp³-hybridized carbons (Fsp3) is 0.148. The molecule has 6 aromatic carbocycles. The van der Waals surface area contributed by atoms with E-state index >= 15 is 0 Å². The fourth-order valence-corrected chi connectivity index (χ4v) is 14.0. The maximum absolute atomic E-state index is 5.13. The molecular weight excluding hydrogens is 805 g/mol. The summed E-state index contributed by atoms with van der Waals surface area (Å²) in [6.45, 7) is 13.4. The number of fused-ring (bicyclic) bond motifs is 6. The van der Waals surface area contributed by atoms with Crippen LogP contribution in [0, 0.1) is 34.6 Å². The molecule has 3 aromatic heterocycles. The number of thiazole rings is 2. The SMILES string of the molecule is CC1=CC(c2nc(C)sc2-c2ccccc2)=CC2c3cc(-c4ccccc4-c4cc(C)c5sc6c(C)cc(-c7nc(C)sc7-c7ccccc7)cc6c5c4)cc(C)c3SC12. The van der Waals surface area contributed by atoms with Crippen LogP contribution >= 0.6 is 45.8 Å². The Kier molecular flexibility index (Phi) is 9.20. The number of hydrogen-bond acceptors (Lipinski definition) is 6. The molecule has 0 bridgehead atoms. The minimum atomic E-state index is 0.276. The number of benzene rings is 6. The zero-order chi connectivity index (χ0) is 40.8. The van der Waals surface area contributed by atoms with Gasteiger partial charge >= 0.3 is 0 Å². The highest BCUT2D eigenvalue weighted by Gasteiger charge is 2.37. The topological polar surface area (TPSA) is 25.8 Å². The van der Waals surface area contributed by atoms with E-state index in [4.69, 9.17) is 9.97 Å². The molecule has 0 radical (unpaired) electrons. The average molecular weight is 847 g/mol. The van der Waals surface area contributed by atoms with E-state index in [1.807, 2.05) is 23.1 Å². The van der Waals surface area contributed by atoms with Crippen LogP contribution in [-0.4, -0.2) is 15.2 Å². The second-order valence-corrected chi connectivity index (χ2v) is 20.9. The van der Waals surface area contributed by atoms with E-state index in [0.717, 1.165) is 21.4 Å². The quantitative estimate of drug-likeness (QED) is 0.167. The largest absolute Gasteiger partial charge is 0.241 e. The number of allylic oxidation sites excluding steroid dienone is 3. The number of rotatable bonds is 6. The molecule has 0 saturated heterocycles. The fourth-order valence-electron chi connectivity index (χ4n) is 9.41. The van der Waals surface area contributed by atoms with Crippen molar-refractivity contribution >= 4 is 71.5 Å². The van der Waals surface area contributed by atoms with E-state index in [2.05, 4.69) is 175 Å². The van der Waals surface area contributed by atoms with Crippen molar-refractivity contribution in [2.45, 2.75) is 57.6 Å². The Hall–Kier alpha value is -5.37. The van der Waals surface area contributed by atoms with Crippen molar-refractivity contribution in [2.75, 3.05) is 0 Å². The first kappa shape index (κ1) is 37.6. The summed E-state index contributed by atoms with van der Waals surface area (Å²) in [4.78, 5) is 14.1. The van der Waals surface area contributed by atoms with Crippen molar-refractivity contribution in [3.63, 3.8) is 0 Å². The smallest absolute Gasteiger partial charge is 0.0908 e. The van der Waals surface area contributed by atoms with Crippen molar-refractivity contribution < 1.29 is 0 Å². The maximum atomic E-state index is 5.13. The van der Waals surface area contributed by atoms with Crippen LogP contribution in [0.3, 0.4) is 0 Å². The Morgan fingerprint density at radius 2 is 1.00 bits per heavy atom. The number of aryl methyl sites for hydroxylation is 5. The van der Waals surface area contributed by atoms with Crippen LogP contribution in [-0.2, 0) is 0 Å². The molecule has 0 amide bonds. The number of nitrogens with zero attached hydrogens (tertiary/aromatic N) is 2. The van der Waals surface area contributed by atoms with Crippen molar-refractivity contribution in [1.82, 2.24) is 9.97 Å². The van der Waals surface area contributed by atoms with Gasteiger partial charge in [0.2, 0.25) is 0 Å². The summed E-state index contributed by atoms with van der Waals surface area (Å²) in [5.41, 5.74) is 18.9. The predicted molar refractivity (Wildman–Crippen MR) is 262 cm³/mol. The highest BCUT2D eigenvalue weighted by atomic mass is 32.2. The van der Waals surface area contributed by atoms with Crippen molar-refractivity contribution in [3.05, 3.63) is 177 Å². The van der Waals surface area contributed by atoms with Crippen LogP contribution in [0.5, 0.6) is 0 Å². The molecule has 0 fully saturated rings. The molecule has 9 aromatic rings. The highest BCUT2D eigenvalue weighted by Crippen LogP contribution is 2.55. The van der Waals surface area contributed by atoms with Gasteiger partial charge in [0.1, 0.15) is 0 Å². The average Bonchev–Trinajstić information content (AvgIpc) is 4.05. The first-order chi connectivity index (χ1) is 29.2. The van der Waals surface area contributed by atoms with Crippen LogP contribution < -0.4 is 0 Å². The molecular formula is C54H42N2S4. The Morgan fingerprint density at radius 3 is 1.63 bits per heavy atom. The van der Waals surface area contributed by atoms with E-state index in [-0.39, 0.29) is 5.92 Å². The molecule has 1 aliphatic heterocycles. The van der Waals surface area contributed by atoms with Crippen molar-refractivity contribution in [3.8, 4) is 54.4 Å². The van der Waals surface area contributed by atoms with Crippen molar-refractivity contribution in [2.24, 2.45) is 0 Å². The van der Waals surface area contributed by atoms with Gasteiger partial charge in [0, 0.05) is 41.8 Å². The van der Waals surface area contributed by atoms with Gasteiger partial charge in [0.15, 0.2) is 0 Å². The Morgan fingerprint density at radius 1 is 0.483 bits per heavy atom. The zero-order valence-corrected chi connectivity index (χ0v) is 37.6. The summed E-state index contributed by atoms with van der Waals surface area (Å²) in [6.07, 6.45) is 4.90. The minimum absolute atomic E-state index is 0.276. The standard InChI is InChI=1S/C54H42N2S4/c1-29-21-37(25-43-45-27-39(23-31(3)51(45)59-49(29)43)47-53(57-33(5)55-47)35-15-9-7-10-16-35)41-19-13-14-20-42(41)38-22-30(2)50-44(26-38)46-28-40(24-32(4)52(46)60-50)48-54(58-34(6)56-48)36-17-11-8-12-18-36/h7-28,45,51H,1-6H3. The van der Waals surface area contributed by atoms with E-state index in [0.29, 0.717) is 5.25 Å². The summed E-state index contributed by atoms with van der Waals surface area (Å²) in [6, 6.07) is 45.0. The summed E-state index contributed by atoms with van der Waals surface area (Å²) in [5, 5.41) is 5.19. The second-order valence-electron chi connectivity index (χ2n) is 16.3. The number of thioether (sulfide) groups is 1. The lowest BCUT2D eigenvalue weighted by atomic mass is 9.82. The van der Waals surface area contributed by atoms with Gasteiger partial charge in [-0.3, -0.25) is 0 Å². The van der Waals surface area contributed by atoms with Gasteiger partial charge in [-0.15, -0.1) is 45.8 Å². The van der Waals surface area contributed by atoms with Gasteiger partial charge < -0.3 is 0 Å². The van der Waals surface area contributed by atoms with Crippen LogP contribution in [0.1, 0.15) is 50.8 Å². The zero-order valence-electron chi connectivity index (χ0n) is 34.4. The van der Waals surface area contributed by atoms with Gasteiger partial charge in [0.25, 0.3) is 0 Å². The molecule has 292 valence electrons. The van der Waals surface area contributed by atoms with Gasteiger partial charge in [-0.1, -0.05) is 109 Å². The third-order valence-electron chi connectivity index (χ3n) is 12.1. The van der Waals surface area contributed by atoms with Gasteiger partial charge in [-0.05, 0) is 133 Å². The minimum Gasteiger partial charge on any atom is -0.241 e. The van der Waals surface area contributed by atoms with Gasteiger partial charge in [-0.25, -0.2) is 9.97 Å². The maximum Gasteiger partial charge on any atom is 0.0908 e. The third kappa shape index (κ3) is 6.27. The lowest BCUT2D eigenvalue weighted by Crippen LogP contribution is -2.14. The Bertz CT molecular complexity index is 3250. The summed E-state index contributed by atoms with van der Waals surface area (Å²) < 4.78 is 2.71. The summed E-state index contributed by atoms with van der Waals surface area (Å²) in [5.74, 6) is 0.276. The summed E-state index contributed by atoms with van der Waals surface area (Å²) >= 11 is 7.52. The molecule has 2 aliphatic rings. The predicted octanol–water partition coefficient (Wildman–Crippen LogP) is 16.4. The monoisotopic (exact) mass is 846 g/mol. The van der Waals surface area contributed by atoms with E-state index in [1.54, 1.807) is 22.7 Å². The normalized spacial score (nSPS) is 16.0. The van der Waals surface area contributed by atoms with Gasteiger partial charge in [0.05, 0.1) is 31.2 Å². The number of hydrogen-bond donors (Lipinski definition) is 0. The van der Waals surface area contributed by atoms with Gasteiger partial charge in [-0.2, -0.15) is 0 Å². The second kappa shape index (κ2) is 14.7. The highest BCUT2D eigenvalue weighted by molar-refractivity contribution is 8.00. The molecule has 0 spiro atoms. The molecule has 1 aliphatic carbocycles.